The zero-order valence-corrected chi connectivity index (χ0v) is 13.1. The Kier molecular flexibility index (Phi) is 4.75. The summed E-state index contributed by atoms with van der Waals surface area (Å²) < 4.78 is 32.1. The molecule has 3 rings (SSSR count). The number of carbonyl (C=O) groups is 1. The molecule has 3 aromatic carbocycles. The fraction of sp³-hybridized carbons (Fsp3) is 0.0500. The molecular weight excluding hydrogens is 326 g/mol. The number of benzene rings is 3. The van der Waals surface area contributed by atoms with Gasteiger partial charge in [-0.1, -0.05) is 42.5 Å². The average Bonchev–Trinajstić information content (AvgIpc) is 2.63. The molecule has 126 valence electrons. The van der Waals surface area contributed by atoms with Gasteiger partial charge in [0.25, 0.3) is 0 Å². The molecule has 3 aromatic rings. The lowest BCUT2D eigenvalue weighted by molar-refractivity contribution is 0.0692. The molecule has 0 bridgehead atoms. The van der Waals surface area contributed by atoms with Crippen LogP contribution in [0.3, 0.4) is 0 Å². The maximum Gasteiger partial charge on any atom is 0.339 e. The molecule has 25 heavy (non-hydrogen) atoms. The Morgan fingerprint density at radius 1 is 0.880 bits per heavy atom. The summed E-state index contributed by atoms with van der Waals surface area (Å²) in [6.07, 6.45) is 0. The van der Waals surface area contributed by atoms with Gasteiger partial charge in [-0.15, -0.1) is 0 Å². The van der Waals surface area contributed by atoms with E-state index in [1.807, 2.05) is 30.3 Å². The Balaban J connectivity index is 1.90. The number of rotatable bonds is 5. The Morgan fingerprint density at radius 3 is 2.24 bits per heavy atom. The van der Waals surface area contributed by atoms with Crippen LogP contribution in [0, 0.1) is 11.6 Å². The van der Waals surface area contributed by atoms with Crippen LogP contribution in [0.2, 0.25) is 0 Å². The van der Waals surface area contributed by atoms with Crippen LogP contribution in [-0.2, 0) is 6.61 Å². The van der Waals surface area contributed by atoms with E-state index < -0.39 is 17.6 Å². The van der Waals surface area contributed by atoms with Crippen molar-refractivity contribution in [3.8, 4) is 16.9 Å². The van der Waals surface area contributed by atoms with Crippen LogP contribution in [0.15, 0.2) is 66.7 Å². The predicted octanol–water partition coefficient (Wildman–Crippen LogP) is 4.91. The van der Waals surface area contributed by atoms with Crippen LogP contribution < -0.4 is 4.74 Å². The maximum atomic E-state index is 13.4. The summed E-state index contributed by atoms with van der Waals surface area (Å²) >= 11 is 0. The minimum absolute atomic E-state index is 0.0434. The Bertz CT molecular complexity index is 908. The monoisotopic (exact) mass is 340 g/mol. The van der Waals surface area contributed by atoms with E-state index in [9.17, 15) is 18.7 Å². The molecule has 0 saturated heterocycles. The number of hydrogen-bond donors (Lipinski definition) is 1. The number of halogens is 2. The van der Waals surface area contributed by atoms with Crippen molar-refractivity contribution in [3.63, 3.8) is 0 Å². The topological polar surface area (TPSA) is 46.5 Å². The maximum absolute atomic E-state index is 13.4. The van der Waals surface area contributed by atoms with Crippen molar-refractivity contribution < 1.29 is 23.4 Å². The van der Waals surface area contributed by atoms with E-state index in [1.165, 1.54) is 18.2 Å². The molecular formula is C20H14F2O3. The molecule has 0 aliphatic heterocycles. The Labute approximate surface area is 143 Å². The molecule has 0 amide bonds. The van der Waals surface area contributed by atoms with Gasteiger partial charge in [0.1, 0.15) is 17.9 Å². The SMILES string of the molecule is O=C(O)c1cc(-c2ccc(F)c(F)c2)ccc1OCc1ccccc1. The summed E-state index contributed by atoms with van der Waals surface area (Å²) in [7, 11) is 0. The van der Waals surface area contributed by atoms with Gasteiger partial charge in [-0.25, -0.2) is 13.6 Å². The van der Waals surface area contributed by atoms with Crippen LogP contribution in [0.4, 0.5) is 8.78 Å². The minimum Gasteiger partial charge on any atom is -0.488 e. The van der Waals surface area contributed by atoms with Gasteiger partial charge >= 0.3 is 5.97 Å². The van der Waals surface area contributed by atoms with Crippen molar-refractivity contribution in [2.75, 3.05) is 0 Å². The number of ether oxygens (including phenoxy) is 1. The highest BCUT2D eigenvalue weighted by atomic mass is 19.2. The second-order valence-corrected chi connectivity index (χ2v) is 5.42. The summed E-state index contributed by atoms with van der Waals surface area (Å²) in [6.45, 7) is 0.228. The first-order chi connectivity index (χ1) is 12.0. The van der Waals surface area contributed by atoms with E-state index in [0.717, 1.165) is 17.7 Å². The Morgan fingerprint density at radius 2 is 1.56 bits per heavy atom. The molecule has 0 radical (unpaired) electrons. The molecule has 1 N–H and O–H groups in total. The number of carboxylic acid groups (broad SMARTS) is 1. The van der Waals surface area contributed by atoms with Crippen molar-refractivity contribution in [2.24, 2.45) is 0 Å². The highest BCUT2D eigenvalue weighted by molar-refractivity contribution is 5.92. The minimum atomic E-state index is -1.16. The number of carboxylic acids is 1. The summed E-state index contributed by atoms with van der Waals surface area (Å²) in [5.41, 5.74) is 1.71. The predicted molar refractivity (Wildman–Crippen MR) is 89.5 cm³/mol. The second-order valence-electron chi connectivity index (χ2n) is 5.42. The molecule has 0 unspecified atom stereocenters. The highest BCUT2D eigenvalue weighted by Gasteiger charge is 2.14. The van der Waals surface area contributed by atoms with E-state index in [4.69, 9.17) is 4.74 Å². The van der Waals surface area contributed by atoms with Crippen LogP contribution in [-0.4, -0.2) is 11.1 Å². The van der Waals surface area contributed by atoms with Crippen molar-refractivity contribution in [2.45, 2.75) is 6.61 Å². The third kappa shape index (κ3) is 3.83. The fourth-order valence-electron chi connectivity index (χ4n) is 2.41. The first-order valence-corrected chi connectivity index (χ1v) is 7.54. The van der Waals surface area contributed by atoms with Gasteiger partial charge < -0.3 is 9.84 Å². The molecule has 3 nitrogen and oxygen atoms in total. The van der Waals surface area contributed by atoms with Crippen LogP contribution >= 0.6 is 0 Å². The largest absolute Gasteiger partial charge is 0.488 e. The van der Waals surface area contributed by atoms with Crippen LogP contribution in [0.1, 0.15) is 15.9 Å². The van der Waals surface area contributed by atoms with Crippen molar-refractivity contribution >= 4 is 5.97 Å². The van der Waals surface area contributed by atoms with Crippen LogP contribution in [0.25, 0.3) is 11.1 Å². The van der Waals surface area contributed by atoms with Crippen molar-refractivity contribution in [3.05, 3.63) is 89.5 Å². The molecule has 0 saturated carbocycles. The van der Waals surface area contributed by atoms with Gasteiger partial charge in [0.15, 0.2) is 11.6 Å². The lowest BCUT2D eigenvalue weighted by Gasteiger charge is -2.11. The number of hydrogen-bond acceptors (Lipinski definition) is 2. The zero-order chi connectivity index (χ0) is 17.8. The molecule has 0 heterocycles. The molecule has 0 aliphatic rings. The third-order valence-electron chi connectivity index (χ3n) is 3.70. The van der Waals surface area contributed by atoms with Gasteiger partial charge in [0.05, 0.1) is 0 Å². The van der Waals surface area contributed by atoms with Crippen molar-refractivity contribution in [1.82, 2.24) is 0 Å². The normalized spacial score (nSPS) is 10.5. The van der Waals surface area contributed by atoms with Gasteiger partial charge in [-0.05, 0) is 41.0 Å². The molecule has 0 aromatic heterocycles. The summed E-state index contributed by atoms with van der Waals surface area (Å²) in [4.78, 5) is 11.5. The highest BCUT2D eigenvalue weighted by Crippen LogP contribution is 2.28. The Hall–Kier alpha value is -3.21. The summed E-state index contributed by atoms with van der Waals surface area (Å²) in [6, 6.07) is 17.3. The zero-order valence-electron chi connectivity index (χ0n) is 13.1. The first-order valence-electron chi connectivity index (χ1n) is 7.54. The fourth-order valence-corrected chi connectivity index (χ4v) is 2.41. The van der Waals surface area contributed by atoms with Gasteiger partial charge in [-0.2, -0.15) is 0 Å². The summed E-state index contributed by atoms with van der Waals surface area (Å²) in [5.74, 6) is -2.89. The second kappa shape index (κ2) is 7.13. The third-order valence-corrected chi connectivity index (χ3v) is 3.70. The van der Waals surface area contributed by atoms with E-state index >= 15 is 0 Å². The van der Waals surface area contributed by atoms with E-state index in [1.54, 1.807) is 6.07 Å². The number of aromatic carboxylic acids is 1. The smallest absolute Gasteiger partial charge is 0.339 e. The van der Waals surface area contributed by atoms with E-state index in [-0.39, 0.29) is 17.9 Å². The van der Waals surface area contributed by atoms with Gasteiger partial charge in [0.2, 0.25) is 0 Å². The van der Waals surface area contributed by atoms with Crippen molar-refractivity contribution in [1.29, 1.82) is 0 Å². The molecule has 0 aliphatic carbocycles. The van der Waals surface area contributed by atoms with Gasteiger partial charge in [-0.3, -0.25) is 0 Å². The van der Waals surface area contributed by atoms with E-state index in [0.29, 0.717) is 11.1 Å². The standard InChI is InChI=1S/C20H14F2O3/c21-17-8-6-15(11-18(17)22)14-7-9-19(16(10-14)20(23)24)25-12-13-4-2-1-3-5-13/h1-11H,12H2,(H,23,24). The molecule has 0 atom stereocenters. The first kappa shape index (κ1) is 16.6. The van der Waals surface area contributed by atoms with E-state index in [2.05, 4.69) is 0 Å². The quantitative estimate of drug-likeness (QED) is 0.718. The lowest BCUT2D eigenvalue weighted by Crippen LogP contribution is -2.04. The molecule has 5 heteroatoms. The molecule has 0 spiro atoms. The average molecular weight is 340 g/mol. The summed E-state index contributed by atoms with van der Waals surface area (Å²) in [5, 5.41) is 9.42. The van der Waals surface area contributed by atoms with Gasteiger partial charge in [0, 0.05) is 0 Å². The van der Waals surface area contributed by atoms with Crippen LogP contribution in [0.5, 0.6) is 5.75 Å². The molecule has 0 fully saturated rings. The lowest BCUT2D eigenvalue weighted by atomic mass is 10.0.